The normalized spacial score (nSPS) is 20.1. The summed E-state index contributed by atoms with van der Waals surface area (Å²) in [4.78, 5) is 47.5. The molecule has 13 nitrogen and oxygen atoms in total. The highest BCUT2D eigenvalue weighted by Gasteiger charge is 2.42. The van der Waals surface area contributed by atoms with Gasteiger partial charge in [0.15, 0.2) is 0 Å². The van der Waals surface area contributed by atoms with Crippen molar-refractivity contribution in [1.82, 2.24) is 18.8 Å². The minimum Gasteiger partial charge on any atom is -0.444 e. The van der Waals surface area contributed by atoms with Crippen molar-refractivity contribution in [1.29, 1.82) is 0 Å². The Kier molecular flexibility index (Phi) is 9.99. The molecule has 2 saturated heterocycles. The Balaban J connectivity index is 1.57. The number of sulfonamides is 1. The zero-order valence-corrected chi connectivity index (χ0v) is 30.9. The minimum absolute atomic E-state index is 0.0106. The number of oxazole rings is 1. The highest BCUT2D eigenvalue weighted by Crippen LogP contribution is 2.40. The average Bonchev–Trinajstić information content (AvgIpc) is 3.77. The number of aryl methyl sites for hydroxylation is 1. The van der Waals surface area contributed by atoms with E-state index < -0.39 is 68.6 Å². The molecule has 1 unspecified atom stereocenters. The Morgan fingerprint density at radius 1 is 1.13 bits per heavy atom. The molecule has 0 radical (unpaired) electrons. The van der Waals surface area contributed by atoms with Crippen molar-refractivity contribution in [2.75, 3.05) is 0 Å². The lowest BCUT2D eigenvalue weighted by molar-refractivity contribution is -0.126. The molecule has 1 N–H and O–H groups in total. The first-order valence-corrected chi connectivity index (χ1v) is 18.9. The van der Waals surface area contributed by atoms with Gasteiger partial charge in [-0.05, 0) is 91.0 Å². The monoisotopic (exact) mass is 768 g/mol. The molecule has 4 atom stereocenters. The number of hydrogen-bond donors (Lipinski definition) is 1. The summed E-state index contributed by atoms with van der Waals surface area (Å²) in [5, 5.41) is -0.0106. The van der Waals surface area contributed by atoms with Gasteiger partial charge in [0.2, 0.25) is 15.9 Å². The second-order valence-corrected chi connectivity index (χ2v) is 17.9. The number of hydrogen-bond acceptors (Lipinski definition) is 11. The van der Waals surface area contributed by atoms with Crippen LogP contribution < -0.4 is 20.7 Å². The summed E-state index contributed by atoms with van der Waals surface area (Å²) in [5.41, 5.74) is -3.81. The number of nitrogens with one attached hydrogen (secondary N) is 1. The molecule has 3 aromatic heterocycles. The van der Waals surface area contributed by atoms with Crippen molar-refractivity contribution in [2.24, 2.45) is 0 Å². The van der Waals surface area contributed by atoms with Crippen molar-refractivity contribution in [2.45, 2.75) is 115 Å². The molecule has 2 bridgehead atoms. The summed E-state index contributed by atoms with van der Waals surface area (Å²) in [7, 11) is -4.28. The molecular weight excluding hydrogens is 730 g/mol. The number of thiophene rings is 1. The lowest BCUT2D eigenvalue weighted by Crippen LogP contribution is -2.58. The van der Waals surface area contributed by atoms with E-state index in [1.165, 1.54) is 47.1 Å². The Hall–Kier alpha value is -4.00. The van der Waals surface area contributed by atoms with E-state index in [1.54, 1.807) is 6.92 Å². The van der Waals surface area contributed by atoms with Gasteiger partial charge in [-0.15, -0.1) is 11.3 Å². The van der Waals surface area contributed by atoms with Crippen LogP contribution in [0.5, 0.6) is 5.75 Å². The zero-order chi connectivity index (χ0) is 37.9. The van der Waals surface area contributed by atoms with E-state index in [1.807, 2.05) is 4.72 Å². The van der Waals surface area contributed by atoms with Gasteiger partial charge in [0.25, 0.3) is 11.5 Å². The number of ether oxygens (including phenoxy) is 3. The molecule has 2 fully saturated rings. The van der Waals surface area contributed by atoms with E-state index >= 15 is 0 Å². The molecule has 2 aliphatic rings. The van der Waals surface area contributed by atoms with Crippen LogP contribution in [0.2, 0.25) is 0 Å². The van der Waals surface area contributed by atoms with Gasteiger partial charge in [-0.3, -0.25) is 18.9 Å². The van der Waals surface area contributed by atoms with Crippen LogP contribution in [0.15, 0.2) is 44.7 Å². The van der Waals surface area contributed by atoms with Crippen molar-refractivity contribution < 1.29 is 45.0 Å². The van der Waals surface area contributed by atoms with Crippen molar-refractivity contribution in [3.63, 3.8) is 0 Å². The van der Waals surface area contributed by atoms with E-state index in [-0.39, 0.29) is 39.6 Å². The summed E-state index contributed by atoms with van der Waals surface area (Å²) in [5.74, 6) is -2.18. The Bertz CT molecular complexity index is 2210. The third-order valence-electron chi connectivity index (χ3n) is 9.47. The van der Waals surface area contributed by atoms with Crippen LogP contribution in [0.1, 0.15) is 77.5 Å². The Morgan fingerprint density at radius 3 is 2.40 bits per heavy atom. The summed E-state index contributed by atoms with van der Waals surface area (Å²) < 4.78 is 93.4. The molecule has 5 heterocycles. The van der Waals surface area contributed by atoms with Crippen LogP contribution >= 0.6 is 11.3 Å². The maximum atomic E-state index is 14.9. The van der Waals surface area contributed by atoms with Crippen LogP contribution in [0.4, 0.5) is 13.2 Å². The molecule has 0 aliphatic carbocycles. The topological polar surface area (TPSA) is 161 Å². The molecule has 6 rings (SSSR count). The van der Waals surface area contributed by atoms with Gasteiger partial charge < -0.3 is 18.6 Å². The van der Waals surface area contributed by atoms with Gasteiger partial charge in [0, 0.05) is 5.56 Å². The third-order valence-corrected chi connectivity index (χ3v) is 12.8. The molecule has 1 aromatic carbocycles. The molecule has 2 aliphatic heterocycles. The number of halogens is 3. The van der Waals surface area contributed by atoms with Crippen molar-refractivity contribution in [3.8, 4) is 16.5 Å². The van der Waals surface area contributed by atoms with Gasteiger partial charge in [-0.1, -0.05) is 0 Å². The standard InChI is InChI=1S/C34H39F3N4O9S2/c1-17-25-28(42)41(34(5,6)30(43)39-52(45,46)33(2,3)4)32(44)40(29(25)51-26(17)27-38-11-12-47-27)16-24(49-21-14-19-8-9-20(15-21)48-19)22-13-18(35)7-10-23(22)50-31(36)37/h7,10-13,19-21,24,31H,8-9,14-16H2,1-6H3,(H,39,43)/t19-,20+,21?,24-/m0/s1. The van der Waals surface area contributed by atoms with E-state index in [2.05, 4.69) is 4.98 Å². The maximum Gasteiger partial charge on any atom is 0.387 e. The summed E-state index contributed by atoms with van der Waals surface area (Å²) in [6.45, 7) is 4.45. The van der Waals surface area contributed by atoms with Crippen molar-refractivity contribution >= 4 is 37.5 Å². The first-order chi connectivity index (χ1) is 24.3. The van der Waals surface area contributed by atoms with Gasteiger partial charge >= 0.3 is 12.3 Å². The number of rotatable bonds is 11. The van der Waals surface area contributed by atoms with Crippen LogP contribution in [-0.2, 0) is 36.4 Å². The van der Waals surface area contributed by atoms with E-state index in [4.69, 9.17) is 18.6 Å². The molecule has 52 heavy (non-hydrogen) atoms. The summed E-state index contributed by atoms with van der Waals surface area (Å²) in [6, 6.07) is 2.98. The number of nitrogens with zero attached hydrogens (tertiary/aromatic N) is 3. The first-order valence-electron chi connectivity index (χ1n) is 16.6. The Morgan fingerprint density at radius 2 is 1.81 bits per heavy atom. The predicted octanol–water partition coefficient (Wildman–Crippen LogP) is 5.38. The highest BCUT2D eigenvalue weighted by molar-refractivity contribution is 7.91. The lowest BCUT2D eigenvalue weighted by atomic mass is 10.0. The highest BCUT2D eigenvalue weighted by atomic mass is 32.2. The maximum absolute atomic E-state index is 14.9. The van der Waals surface area contributed by atoms with Crippen molar-refractivity contribution in [3.05, 3.63) is 68.4 Å². The van der Waals surface area contributed by atoms with Crippen LogP contribution in [0.25, 0.3) is 21.0 Å². The number of carbonyl (C=O) groups is 1. The second kappa shape index (κ2) is 13.8. The molecule has 18 heteroatoms. The largest absolute Gasteiger partial charge is 0.444 e. The summed E-state index contributed by atoms with van der Waals surface area (Å²) >= 11 is 0.986. The zero-order valence-electron chi connectivity index (χ0n) is 29.3. The molecule has 4 aromatic rings. The van der Waals surface area contributed by atoms with Gasteiger partial charge in [0.05, 0.1) is 46.1 Å². The number of fused-ring (bicyclic) bond motifs is 3. The van der Waals surface area contributed by atoms with Crippen LogP contribution in [-0.4, -0.2) is 58.1 Å². The summed E-state index contributed by atoms with van der Waals surface area (Å²) in [6.07, 6.45) is 3.27. The number of alkyl halides is 2. The van der Waals surface area contributed by atoms with Gasteiger partial charge in [-0.2, -0.15) is 8.78 Å². The van der Waals surface area contributed by atoms with Gasteiger partial charge in [-0.25, -0.2) is 27.2 Å². The van der Waals surface area contributed by atoms with E-state index in [0.717, 1.165) is 46.9 Å². The number of benzene rings is 1. The fourth-order valence-electron chi connectivity index (χ4n) is 6.55. The quantitative estimate of drug-likeness (QED) is 0.210. The molecule has 0 saturated carbocycles. The first kappa shape index (κ1) is 37.7. The minimum atomic E-state index is -4.28. The Labute approximate surface area is 300 Å². The average molecular weight is 769 g/mol. The van der Waals surface area contributed by atoms with Gasteiger partial charge in [0.1, 0.15) is 34.3 Å². The molecule has 0 spiro atoms. The molecule has 1 amide bonds. The number of carbonyl (C=O) groups excluding carboxylic acids is 1. The number of amides is 1. The van der Waals surface area contributed by atoms with Crippen LogP contribution in [0, 0.1) is 12.7 Å². The van der Waals surface area contributed by atoms with E-state index in [0.29, 0.717) is 27.8 Å². The number of aromatic nitrogens is 3. The molecule has 282 valence electrons. The fourth-order valence-corrected chi connectivity index (χ4v) is 8.59. The SMILES string of the molecule is Cc1c(-c2ncco2)sc2c1c(=O)n(C(C)(C)C(=O)NS(=O)(=O)C(C)(C)C)c(=O)n2C[C@H](OC1C[C@H]2CC[C@@H](C1)O2)c1cc(F)ccc1OC(F)F. The predicted molar refractivity (Wildman–Crippen MR) is 184 cm³/mol. The smallest absolute Gasteiger partial charge is 0.387 e. The second-order valence-electron chi connectivity index (χ2n) is 14.4. The van der Waals surface area contributed by atoms with Crippen LogP contribution in [0.3, 0.4) is 0 Å². The third kappa shape index (κ3) is 7.04. The van der Waals surface area contributed by atoms with E-state index in [9.17, 15) is 36.0 Å². The lowest BCUT2D eigenvalue weighted by Gasteiger charge is -2.33. The molecular formula is C34H39F3N4O9S2. The fraction of sp³-hybridized carbons (Fsp3) is 0.529.